The molecule has 0 atom stereocenters. The Bertz CT molecular complexity index is 1780. The van der Waals surface area contributed by atoms with E-state index in [0.29, 0.717) is 75.6 Å². The van der Waals surface area contributed by atoms with Crippen molar-refractivity contribution < 1.29 is 27.2 Å². The molecule has 2 aromatic carbocycles. The van der Waals surface area contributed by atoms with Crippen LogP contribution in [0.5, 0.6) is 0 Å². The number of alkyl halides is 3. The smallest absolute Gasteiger partial charge is 0.417 e. The van der Waals surface area contributed by atoms with Crippen LogP contribution in [0, 0.1) is 11.3 Å². The minimum absolute atomic E-state index is 0.186. The van der Waals surface area contributed by atoms with Crippen molar-refractivity contribution in [2.75, 3.05) is 59.7 Å². The molecule has 4 heterocycles. The number of para-hydroxylation sites is 1. The Balaban J connectivity index is 1.07. The highest BCUT2D eigenvalue weighted by molar-refractivity contribution is 6.03. The van der Waals surface area contributed by atoms with E-state index in [1.807, 2.05) is 35.2 Å². The second-order valence-corrected chi connectivity index (χ2v) is 11.6. The summed E-state index contributed by atoms with van der Waals surface area (Å²) in [6.07, 6.45) is -1.44. The van der Waals surface area contributed by atoms with Gasteiger partial charge in [-0.1, -0.05) is 42.5 Å². The molecule has 0 aliphatic carbocycles. The van der Waals surface area contributed by atoms with Crippen LogP contribution in [0.25, 0.3) is 0 Å². The molecule has 3 amide bonds. The van der Waals surface area contributed by atoms with E-state index in [-0.39, 0.29) is 23.7 Å². The number of carbonyl (C=O) groups is 2. The minimum Gasteiger partial charge on any atom is -0.417 e. The number of anilines is 4. The fraction of sp³-hybridized carbons (Fsp3) is 0.324. The van der Waals surface area contributed by atoms with Crippen molar-refractivity contribution in [1.82, 2.24) is 14.9 Å². The van der Waals surface area contributed by atoms with E-state index < -0.39 is 23.5 Å². The van der Waals surface area contributed by atoms with Crippen molar-refractivity contribution in [3.8, 4) is 6.07 Å². The first kappa shape index (κ1) is 32.4. The highest BCUT2D eigenvalue weighted by atomic mass is 19.4. The van der Waals surface area contributed by atoms with Crippen LogP contribution in [-0.4, -0.2) is 66.1 Å². The first-order valence-electron chi connectivity index (χ1n) is 15.6. The van der Waals surface area contributed by atoms with Gasteiger partial charge in [0.1, 0.15) is 11.9 Å². The third-order valence-electron chi connectivity index (χ3n) is 8.53. The molecule has 0 radical (unpaired) electrons. The summed E-state index contributed by atoms with van der Waals surface area (Å²) in [4.78, 5) is 39.3. The second-order valence-electron chi connectivity index (χ2n) is 11.6. The summed E-state index contributed by atoms with van der Waals surface area (Å²) in [6.45, 7) is 2.87. The second kappa shape index (κ2) is 14.0. The minimum atomic E-state index is -4.89. The Morgan fingerprint density at radius 3 is 2.33 bits per heavy atom. The molecule has 0 saturated carbocycles. The first-order valence-corrected chi connectivity index (χ1v) is 15.6. The highest BCUT2D eigenvalue weighted by Crippen LogP contribution is 2.36. The molecule has 48 heavy (non-hydrogen) atoms. The Labute approximate surface area is 275 Å². The summed E-state index contributed by atoms with van der Waals surface area (Å²) < 4.78 is 47.3. The van der Waals surface area contributed by atoms with Gasteiger partial charge in [-0.15, -0.1) is 0 Å². The number of urea groups is 1. The molecule has 0 bridgehead atoms. The summed E-state index contributed by atoms with van der Waals surface area (Å²) in [7, 11) is 0. The summed E-state index contributed by atoms with van der Waals surface area (Å²) >= 11 is 0. The number of carbonyl (C=O) groups excluding carboxylic acids is 2. The van der Waals surface area contributed by atoms with Crippen LogP contribution >= 0.6 is 0 Å². The van der Waals surface area contributed by atoms with Gasteiger partial charge in [0.05, 0.1) is 23.1 Å². The molecule has 248 valence electrons. The summed E-state index contributed by atoms with van der Waals surface area (Å²) in [5.41, 5.74) is 0.804. The third-order valence-corrected chi connectivity index (χ3v) is 8.53. The topological polar surface area (TPSA) is 131 Å². The van der Waals surface area contributed by atoms with Gasteiger partial charge >= 0.3 is 12.2 Å². The third kappa shape index (κ3) is 7.35. The average Bonchev–Trinajstić information content (AvgIpc) is 3.43. The largest absolute Gasteiger partial charge is 0.437 e. The van der Waals surface area contributed by atoms with Gasteiger partial charge in [0.15, 0.2) is 5.69 Å². The Kier molecular flexibility index (Phi) is 9.47. The van der Waals surface area contributed by atoms with E-state index >= 15 is 0 Å². The molecule has 2 aliphatic heterocycles. The van der Waals surface area contributed by atoms with E-state index in [1.54, 1.807) is 46.2 Å². The van der Waals surface area contributed by atoms with Crippen LogP contribution in [0.1, 0.15) is 52.6 Å². The number of aromatic nitrogens is 2. The van der Waals surface area contributed by atoms with Crippen molar-refractivity contribution in [2.45, 2.75) is 31.4 Å². The standard InChI is InChI=1S/C34H33F3N8O3/c35-34(36,37)30-29(48-33(42-30)45-17-13-24(14-18-45)23-7-2-1-3-8-23)31(46)40-26-11-12-28(39-22-26)43-15-6-16-44(20-19-43)32(47)41-27-10-5-4-9-25(27)21-38/h1-5,7-12,22,24H,6,13-20H2,(H,40,46)(H,41,47). The molecule has 2 aliphatic rings. The molecule has 14 heteroatoms. The van der Waals surface area contributed by atoms with E-state index in [4.69, 9.17) is 4.42 Å². The van der Waals surface area contributed by atoms with Crippen LogP contribution in [0.4, 0.5) is 41.2 Å². The number of nitrogens with zero attached hydrogens (tertiary/aromatic N) is 6. The Morgan fingerprint density at radius 2 is 1.62 bits per heavy atom. The van der Waals surface area contributed by atoms with E-state index in [2.05, 4.69) is 26.7 Å². The Morgan fingerprint density at radius 1 is 0.875 bits per heavy atom. The lowest BCUT2D eigenvalue weighted by Gasteiger charge is -2.31. The number of amides is 3. The molecule has 4 aromatic rings. The number of benzene rings is 2. The molecule has 2 N–H and O–H groups in total. The number of nitriles is 1. The quantitative estimate of drug-likeness (QED) is 0.246. The number of oxazole rings is 1. The van der Waals surface area contributed by atoms with E-state index in [1.165, 1.54) is 11.8 Å². The zero-order chi connectivity index (χ0) is 33.7. The highest BCUT2D eigenvalue weighted by Gasteiger charge is 2.42. The van der Waals surface area contributed by atoms with Crippen molar-refractivity contribution in [3.05, 3.63) is 95.5 Å². The maximum absolute atomic E-state index is 13.9. The lowest BCUT2D eigenvalue weighted by molar-refractivity contribution is -0.141. The number of piperidine rings is 1. The van der Waals surface area contributed by atoms with Gasteiger partial charge in [0, 0.05) is 39.3 Å². The molecule has 11 nitrogen and oxygen atoms in total. The van der Waals surface area contributed by atoms with Gasteiger partial charge in [0.2, 0.25) is 5.76 Å². The van der Waals surface area contributed by atoms with Crippen LogP contribution in [-0.2, 0) is 6.18 Å². The molecule has 0 unspecified atom stereocenters. The fourth-order valence-corrected chi connectivity index (χ4v) is 5.99. The maximum atomic E-state index is 13.9. The van der Waals surface area contributed by atoms with E-state index in [9.17, 15) is 28.0 Å². The predicted octanol–water partition coefficient (Wildman–Crippen LogP) is 6.34. The van der Waals surface area contributed by atoms with Gasteiger partial charge < -0.3 is 29.8 Å². The number of pyridine rings is 1. The van der Waals surface area contributed by atoms with Gasteiger partial charge in [-0.05, 0) is 55.0 Å². The SMILES string of the molecule is N#Cc1ccccc1NC(=O)N1CCCN(c2ccc(NC(=O)c3oc(N4CCC(c5ccccc5)CC4)nc3C(F)(F)F)cn2)CC1. The van der Waals surface area contributed by atoms with Crippen LogP contribution in [0.2, 0.25) is 0 Å². The first-order chi connectivity index (χ1) is 23.2. The normalized spacial score (nSPS) is 15.8. The predicted molar refractivity (Wildman–Crippen MR) is 173 cm³/mol. The van der Waals surface area contributed by atoms with Crippen LogP contribution in [0.3, 0.4) is 0 Å². The number of rotatable bonds is 6. The van der Waals surface area contributed by atoms with Gasteiger partial charge in [-0.3, -0.25) is 4.79 Å². The van der Waals surface area contributed by atoms with Gasteiger partial charge in [0.25, 0.3) is 11.9 Å². The van der Waals surface area contributed by atoms with Gasteiger partial charge in [-0.25, -0.2) is 9.78 Å². The van der Waals surface area contributed by atoms with Crippen molar-refractivity contribution in [2.24, 2.45) is 0 Å². The molecule has 2 saturated heterocycles. The molecule has 2 fully saturated rings. The lowest BCUT2D eigenvalue weighted by atomic mass is 9.90. The lowest BCUT2D eigenvalue weighted by Crippen LogP contribution is -2.38. The van der Waals surface area contributed by atoms with Crippen molar-refractivity contribution in [1.29, 1.82) is 5.26 Å². The number of hydrogen-bond acceptors (Lipinski definition) is 8. The monoisotopic (exact) mass is 658 g/mol. The Hall–Kier alpha value is -5.58. The van der Waals surface area contributed by atoms with Crippen LogP contribution in [0.15, 0.2) is 77.3 Å². The molecular formula is C34H33F3N8O3. The average molecular weight is 659 g/mol. The number of hydrogen-bond donors (Lipinski definition) is 2. The number of nitrogens with one attached hydrogen (secondary N) is 2. The molecule has 2 aromatic heterocycles. The number of halogens is 3. The summed E-state index contributed by atoms with van der Waals surface area (Å²) in [5, 5.41) is 14.6. The zero-order valence-corrected chi connectivity index (χ0v) is 25.9. The molecule has 0 spiro atoms. The van der Waals surface area contributed by atoms with Crippen molar-refractivity contribution in [3.63, 3.8) is 0 Å². The zero-order valence-electron chi connectivity index (χ0n) is 25.9. The fourth-order valence-electron chi connectivity index (χ4n) is 5.99. The van der Waals surface area contributed by atoms with Gasteiger partial charge in [-0.2, -0.15) is 23.4 Å². The summed E-state index contributed by atoms with van der Waals surface area (Å²) in [6, 6.07) is 21.4. The molecule has 6 rings (SSSR count). The van der Waals surface area contributed by atoms with Crippen molar-refractivity contribution >= 4 is 35.1 Å². The molecular weight excluding hydrogens is 625 g/mol. The van der Waals surface area contributed by atoms with E-state index in [0.717, 1.165) is 0 Å². The maximum Gasteiger partial charge on any atom is 0.437 e. The van der Waals surface area contributed by atoms with Crippen LogP contribution < -0.4 is 20.4 Å². The summed E-state index contributed by atoms with van der Waals surface area (Å²) in [5.74, 6) is -1.12.